The molecule has 0 radical (unpaired) electrons. The van der Waals surface area contributed by atoms with Crippen molar-refractivity contribution in [2.45, 2.75) is 50.6 Å². The van der Waals surface area contributed by atoms with E-state index in [-0.39, 0.29) is 5.91 Å². The summed E-state index contributed by atoms with van der Waals surface area (Å²) in [6.45, 7) is 3.83. The normalized spacial score (nSPS) is 21.7. The molecule has 2 aromatic heterocycles. The van der Waals surface area contributed by atoms with Gasteiger partial charge < -0.3 is 10.1 Å². The monoisotopic (exact) mass is 427 g/mol. The second-order valence-corrected chi connectivity index (χ2v) is 8.44. The first-order valence-electron chi connectivity index (χ1n) is 10.1. The van der Waals surface area contributed by atoms with Gasteiger partial charge in [-0.25, -0.2) is 4.98 Å². The molecule has 2 aliphatic rings. The number of fused-ring (bicyclic) bond motifs is 4. The number of carbonyl (C=O) groups excluding carboxylic acids is 1. The number of ether oxygens (including phenoxy) is 1. The van der Waals surface area contributed by atoms with Gasteiger partial charge in [-0.05, 0) is 44.4 Å². The fourth-order valence-electron chi connectivity index (χ4n) is 4.66. The number of carbonyl (C=O) groups is 1. The van der Waals surface area contributed by atoms with Crippen molar-refractivity contribution in [3.05, 3.63) is 70.7 Å². The Bertz CT molecular complexity index is 1210. The summed E-state index contributed by atoms with van der Waals surface area (Å²) in [6, 6.07) is 9.67. The molecule has 2 atom stereocenters. The van der Waals surface area contributed by atoms with E-state index in [9.17, 15) is 18.0 Å². The van der Waals surface area contributed by atoms with E-state index in [0.29, 0.717) is 29.7 Å². The van der Waals surface area contributed by atoms with Gasteiger partial charge in [-0.1, -0.05) is 24.3 Å². The Morgan fingerprint density at radius 1 is 1.16 bits per heavy atom. The van der Waals surface area contributed by atoms with Gasteiger partial charge in [-0.2, -0.15) is 13.2 Å². The zero-order valence-electron chi connectivity index (χ0n) is 17.0. The van der Waals surface area contributed by atoms with Crippen LogP contribution in [0.2, 0.25) is 0 Å². The number of pyridine rings is 2. The predicted octanol–water partition coefficient (Wildman–Crippen LogP) is 4.76. The van der Waals surface area contributed by atoms with Crippen LogP contribution in [0.25, 0.3) is 10.9 Å². The quantitative estimate of drug-likeness (QED) is 0.641. The number of benzene rings is 1. The Kier molecular flexibility index (Phi) is 4.34. The SMILES string of the molecule is CC1(C)OC(C(=O)N[C@H]2CCc3nc(C(F)(F)F)ccc32)c2cnc3ccccc3c21. The molecular weight excluding hydrogens is 407 g/mol. The number of alkyl halides is 3. The number of para-hydroxylation sites is 1. The fraction of sp³-hybridized carbons (Fsp3) is 0.348. The molecule has 0 saturated carbocycles. The highest BCUT2D eigenvalue weighted by Gasteiger charge is 2.44. The van der Waals surface area contributed by atoms with Gasteiger partial charge in [0.05, 0.1) is 17.2 Å². The number of halogens is 3. The average molecular weight is 427 g/mol. The highest BCUT2D eigenvalue weighted by Crippen LogP contribution is 2.46. The van der Waals surface area contributed by atoms with Gasteiger partial charge in [0.25, 0.3) is 5.91 Å². The highest BCUT2D eigenvalue weighted by atomic mass is 19.4. The van der Waals surface area contributed by atoms with Crippen molar-refractivity contribution in [3.8, 4) is 0 Å². The van der Waals surface area contributed by atoms with E-state index < -0.39 is 29.6 Å². The lowest BCUT2D eigenvalue weighted by Crippen LogP contribution is -2.33. The van der Waals surface area contributed by atoms with E-state index in [1.54, 1.807) is 6.20 Å². The summed E-state index contributed by atoms with van der Waals surface area (Å²) in [4.78, 5) is 21.4. The molecule has 5 rings (SSSR count). The summed E-state index contributed by atoms with van der Waals surface area (Å²) in [5.41, 5.74) is 1.88. The third kappa shape index (κ3) is 3.26. The van der Waals surface area contributed by atoms with Crippen LogP contribution in [0.1, 0.15) is 60.5 Å². The van der Waals surface area contributed by atoms with E-state index in [2.05, 4.69) is 15.3 Å². The van der Waals surface area contributed by atoms with Crippen molar-refractivity contribution in [1.82, 2.24) is 15.3 Å². The molecule has 1 amide bonds. The zero-order valence-corrected chi connectivity index (χ0v) is 17.0. The fourth-order valence-corrected chi connectivity index (χ4v) is 4.66. The Morgan fingerprint density at radius 3 is 2.71 bits per heavy atom. The van der Waals surface area contributed by atoms with Crippen molar-refractivity contribution < 1.29 is 22.7 Å². The second kappa shape index (κ2) is 6.75. The number of aryl methyl sites for hydroxylation is 1. The van der Waals surface area contributed by atoms with Crippen LogP contribution in [0, 0.1) is 0 Å². The Balaban J connectivity index is 1.43. The molecule has 3 heterocycles. The third-order valence-corrected chi connectivity index (χ3v) is 6.00. The minimum absolute atomic E-state index is 0.332. The lowest BCUT2D eigenvalue weighted by molar-refractivity contribution is -0.142. The smallest absolute Gasteiger partial charge is 0.353 e. The molecule has 31 heavy (non-hydrogen) atoms. The number of nitrogens with zero attached hydrogens (tertiary/aromatic N) is 2. The summed E-state index contributed by atoms with van der Waals surface area (Å²) in [5, 5.41) is 3.89. The molecule has 160 valence electrons. The van der Waals surface area contributed by atoms with E-state index in [4.69, 9.17) is 4.74 Å². The molecule has 0 fully saturated rings. The largest absolute Gasteiger partial charge is 0.433 e. The van der Waals surface area contributed by atoms with Crippen LogP contribution in [0.3, 0.4) is 0 Å². The lowest BCUT2D eigenvalue weighted by Gasteiger charge is -2.22. The first kappa shape index (κ1) is 19.9. The molecule has 1 aliphatic carbocycles. The van der Waals surface area contributed by atoms with Crippen molar-refractivity contribution in [2.75, 3.05) is 0 Å². The van der Waals surface area contributed by atoms with E-state index in [0.717, 1.165) is 22.5 Å². The van der Waals surface area contributed by atoms with Crippen molar-refractivity contribution >= 4 is 16.8 Å². The van der Waals surface area contributed by atoms with Gasteiger partial charge in [0.1, 0.15) is 5.69 Å². The van der Waals surface area contributed by atoms with Crippen LogP contribution in [0.4, 0.5) is 13.2 Å². The minimum Gasteiger partial charge on any atom is -0.353 e. The molecule has 0 saturated heterocycles. The van der Waals surface area contributed by atoms with Crippen LogP contribution >= 0.6 is 0 Å². The van der Waals surface area contributed by atoms with Crippen molar-refractivity contribution in [2.24, 2.45) is 0 Å². The number of hydrogen-bond donors (Lipinski definition) is 1. The molecule has 1 N–H and O–H groups in total. The van der Waals surface area contributed by atoms with Crippen molar-refractivity contribution in [3.63, 3.8) is 0 Å². The summed E-state index contributed by atoms with van der Waals surface area (Å²) in [5.74, 6) is -0.332. The van der Waals surface area contributed by atoms with Gasteiger partial charge in [-0.15, -0.1) is 0 Å². The van der Waals surface area contributed by atoms with E-state index in [1.807, 2.05) is 38.1 Å². The number of amides is 1. The van der Waals surface area contributed by atoms with Crippen LogP contribution in [-0.2, 0) is 27.7 Å². The number of rotatable bonds is 2. The van der Waals surface area contributed by atoms with Gasteiger partial charge in [0, 0.05) is 28.4 Å². The van der Waals surface area contributed by atoms with Gasteiger partial charge >= 0.3 is 6.18 Å². The maximum absolute atomic E-state index is 13.2. The third-order valence-electron chi connectivity index (χ3n) is 6.00. The first-order valence-corrected chi connectivity index (χ1v) is 10.1. The van der Waals surface area contributed by atoms with Crippen LogP contribution in [0.15, 0.2) is 42.6 Å². The molecule has 0 bridgehead atoms. The molecule has 0 spiro atoms. The van der Waals surface area contributed by atoms with Crippen molar-refractivity contribution in [1.29, 1.82) is 0 Å². The standard InChI is InChI=1S/C23H20F3N3O2/c1-22(2)19-13-5-3-4-6-15(13)27-11-14(19)20(31-22)21(30)29-17-9-8-16-12(17)7-10-18(28-16)23(24,25)26/h3-7,10-11,17,20H,8-9H2,1-2H3,(H,29,30)/t17-,20?/m0/s1. The molecule has 1 aromatic carbocycles. The molecule has 1 aliphatic heterocycles. The molecular formula is C23H20F3N3O2. The van der Waals surface area contributed by atoms with Crippen LogP contribution in [-0.4, -0.2) is 15.9 Å². The maximum atomic E-state index is 13.2. The Labute approximate surface area is 176 Å². The number of hydrogen-bond acceptors (Lipinski definition) is 4. The second-order valence-electron chi connectivity index (χ2n) is 8.44. The molecule has 5 nitrogen and oxygen atoms in total. The summed E-state index contributed by atoms with van der Waals surface area (Å²) in [7, 11) is 0. The summed E-state index contributed by atoms with van der Waals surface area (Å²) < 4.78 is 44.9. The predicted molar refractivity (Wildman–Crippen MR) is 107 cm³/mol. The average Bonchev–Trinajstić information content (AvgIpc) is 3.25. The summed E-state index contributed by atoms with van der Waals surface area (Å²) in [6.07, 6.45) is -2.78. The lowest BCUT2D eigenvalue weighted by atomic mass is 9.91. The van der Waals surface area contributed by atoms with Crippen LogP contribution < -0.4 is 5.32 Å². The molecule has 3 aromatic rings. The minimum atomic E-state index is -4.49. The topological polar surface area (TPSA) is 64.1 Å². The van der Waals surface area contributed by atoms with Gasteiger partial charge in [-0.3, -0.25) is 9.78 Å². The van der Waals surface area contributed by atoms with E-state index in [1.165, 1.54) is 6.07 Å². The van der Waals surface area contributed by atoms with Gasteiger partial charge in [0.15, 0.2) is 6.10 Å². The Morgan fingerprint density at radius 2 is 1.94 bits per heavy atom. The number of aromatic nitrogens is 2. The first-order chi connectivity index (χ1) is 14.6. The maximum Gasteiger partial charge on any atom is 0.433 e. The molecule has 8 heteroatoms. The molecule has 1 unspecified atom stereocenters. The van der Waals surface area contributed by atoms with Gasteiger partial charge in [0.2, 0.25) is 0 Å². The van der Waals surface area contributed by atoms with Crippen LogP contribution in [0.5, 0.6) is 0 Å². The van der Waals surface area contributed by atoms with E-state index >= 15 is 0 Å². The zero-order chi connectivity index (χ0) is 22.0. The number of nitrogens with one attached hydrogen (secondary N) is 1. The Hall–Kier alpha value is -3.00. The highest BCUT2D eigenvalue weighted by molar-refractivity contribution is 5.90. The summed E-state index contributed by atoms with van der Waals surface area (Å²) >= 11 is 0.